The molecule has 0 saturated carbocycles. The Hall–Kier alpha value is -1.98. The highest BCUT2D eigenvalue weighted by atomic mass is 35.5. The van der Waals surface area contributed by atoms with Gasteiger partial charge in [0.1, 0.15) is 5.15 Å². The van der Waals surface area contributed by atoms with Gasteiger partial charge in [0, 0.05) is 17.0 Å². The molecule has 1 aromatic carbocycles. The van der Waals surface area contributed by atoms with E-state index in [2.05, 4.69) is 15.3 Å². The lowest BCUT2D eigenvalue weighted by molar-refractivity contribution is 0.102. The van der Waals surface area contributed by atoms with Crippen molar-refractivity contribution in [3.05, 3.63) is 52.3 Å². The van der Waals surface area contributed by atoms with Crippen LogP contribution in [0.5, 0.6) is 0 Å². The van der Waals surface area contributed by atoms with Gasteiger partial charge in [0.05, 0.1) is 11.3 Å². The highest BCUT2D eigenvalue weighted by molar-refractivity contribution is 7.13. The largest absolute Gasteiger partial charge is 0.298 e. The molecule has 3 rings (SSSR count). The molecule has 1 amide bonds. The Balaban J connectivity index is 2.01. The molecular formula is C14H10ClN3OS. The fourth-order valence-corrected chi connectivity index (χ4v) is 2.81. The summed E-state index contributed by atoms with van der Waals surface area (Å²) in [6, 6.07) is 7.42. The highest BCUT2D eigenvalue weighted by Gasteiger charge is 2.14. The summed E-state index contributed by atoms with van der Waals surface area (Å²) in [5, 5.41) is 7.16. The van der Waals surface area contributed by atoms with E-state index in [1.54, 1.807) is 0 Å². The first-order valence-corrected chi connectivity index (χ1v) is 7.17. The third kappa shape index (κ3) is 2.37. The maximum atomic E-state index is 12.3. The van der Waals surface area contributed by atoms with E-state index in [-0.39, 0.29) is 5.91 Å². The van der Waals surface area contributed by atoms with Crippen LogP contribution in [0, 0.1) is 6.92 Å². The number of anilines is 1. The van der Waals surface area contributed by atoms with Gasteiger partial charge in [-0.3, -0.25) is 10.1 Å². The van der Waals surface area contributed by atoms with Crippen molar-refractivity contribution in [1.82, 2.24) is 9.97 Å². The molecule has 0 atom stereocenters. The minimum absolute atomic E-state index is 0.236. The van der Waals surface area contributed by atoms with Crippen molar-refractivity contribution < 1.29 is 4.79 Å². The number of aryl methyl sites for hydroxylation is 1. The minimum atomic E-state index is -0.236. The molecule has 2 aromatic heterocycles. The summed E-state index contributed by atoms with van der Waals surface area (Å²) in [5.74, 6) is -0.236. The third-order valence-corrected chi connectivity index (χ3v) is 4.01. The van der Waals surface area contributed by atoms with Crippen molar-refractivity contribution >= 4 is 44.7 Å². The van der Waals surface area contributed by atoms with Crippen molar-refractivity contribution in [2.24, 2.45) is 0 Å². The molecule has 0 aliphatic heterocycles. The molecule has 0 bridgehead atoms. The summed E-state index contributed by atoms with van der Waals surface area (Å²) in [4.78, 5) is 20.6. The van der Waals surface area contributed by atoms with Crippen molar-refractivity contribution in [1.29, 1.82) is 0 Å². The Kier molecular flexibility index (Phi) is 3.38. The van der Waals surface area contributed by atoms with E-state index in [1.807, 2.05) is 36.6 Å². The van der Waals surface area contributed by atoms with Crippen LogP contribution in [0.25, 0.3) is 10.8 Å². The van der Waals surface area contributed by atoms with E-state index >= 15 is 0 Å². The normalized spacial score (nSPS) is 10.7. The molecule has 0 spiro atoms. The number of benzene rings is 1. The summed E-state index contributed by atoms with van der Waals surface area (Å²) in [6.45, 7) is 1.88. The van der Waals surface area contributed by atoms with Gasteiger partial charge in [-0.2, -0.15) is 0 Å². The molecule has 1 N–H and O–H groups in total. The summed E-state index contributed by atoms with van der Waals surface area (Å²) < 4.78 is 0. The molecule has 0 aliphatic carbocycles. The molecule has 0 saturated heterocycles. The van der Waals surface area contributed by atoms with E-state index in [0.29, 0.717) is 15.8 Å². The van der Waals surface area contributed by atoms with Crippen LogP contribution in [0.3, 0.4) is 0 Å². The number of pyridine rings is 1. The number of hydrogen-bond acceptors (Lipinski definition) is 4. The second kappa shape index (κ2) is 5.19. The molecule has 0 aliphatic rings. The summed E-state index contributed by atoms with van der Waals surface area (Å²) in [6.07, 6.45) is 1.49. The van der Waals surface area contributed by atoms with Crippen molar-refractivity contribution in [2.45, 2.75) is 6.92 Å². The molecule has 6 heteroatoms. The van der Waals surface area contributed by atoms with E-state index in [4.69, 9.17) is 11.6 Å². The average Bonchev–Trinajstić information content (AvgIpc) is 2.84. The molecule has 0 unspecified atom stereocenters. The quantitative estimate of drug-likeness (QED) is 0.730. The van der Waals surface area contributed by atoms with Gasteiger partial charge < -0.3 is 0 Å². The van der Waals surface area contributed by atoms with Gasteiger partial charge in [-0.15, -0.1) is 11.3 Å². The van der Waals surface area contributed by atoms with Gasteiger partial charge in [-0.05, 0) is 12.3 Å². The molecule has 20 heavy (non-hydrogen) atoms. The minimum Gasteiger partial charge on any atom is -0.298 e. The van der Waals surface area contributed by atoms with Crippen LogP contribution in [-0.2, 0) is 0 Å². The molecule has 4 nitrogen and oxygen atoms in total. The second-order valence-electron chi connectivity index (χ2n) is 4.26. The van der Waals surface area contributed by atoms with Crippen molar-refractivity contribution in [3.8, 4) is 0 Å². The van der Waals surface area contributed by atoms with Crippen molar-refractivity contribution in [2.75, 3.05) is 5.32 Å². The number of halogens is 1. The maximum Gasteiger partial charge on any atom is 0.259 e. The van der Waals surface area contributed by atoms with Crippen LogP contribution in [0.2, 0.25) is 5.15 Å². The van der Waals surface area contributed by atoms with E-state index in [0.717, 1.165) is 16.5 Å². The number of nitrogens with zero attached hydrogens (tertiary/aromatic N) is 2. The lowest BCUT2D eigenvalue weighted by atomic mass is 10.1. The van der Waals surface area contributed by atoms with E-state index in [1.165, 1.54) is 17.5 Å². The van der Waals surface area contributed by atoms with Crippen LogP contribution in [0.4, 0.5) is 5.13 Å². The second-order valence-corrected chi connectivity index (χ2v) is 5.47. The standard InChI is InChI=1S/C14H10ClN3OS/c1-8-7-20-14(17-8)18-13(19)11-6-16-12(15)10-5-3-2-4-9(10)11/h2-7H,1H3,(H,17,18,19). The molecule has 0 fully saturated rings. The average molecular weight is 304 g/mol. The number of carbonyl (C=O) groups excluding carboxylic acids is 1. The molecule has 0 radical (unpaired) electrons. The number of fused-ring (bicyclic) bond motifs is 1. The third-order valence-electron chi connectivity index (χ3n) is 2.83. The topological polar surface area (TPSA) is 54.9 Å². The molecule has 2 heterocycles. The Morgan fingerprint density at radius 2 is 2.05 bits per heavy atom. The van der Waals surface area contributed by atoms with Gasteiger partial charge >= 0.3 is 0 Å². The molecule has 3 aromatic rings. The Bertz CT molecular complexity index is 800. The number of nitrogens with one attached hydrogen (secondary N) is 1. The first kappa shape index (κ1) is 13.0. The van der Waals surface area contributed by atoms with Crippen LogP contribution in [0.15, 0.2) is 35.8 Å². The Morgan fingerprint density at radius 1 is 1.30 bits per heavy atom. The van der Waals surface area contributed by atoms with Crippen LogP contribution in [-0.4, -0.2) is 15.9 Å². The van der Waals surface area contributed by atoms with Gasteiger partial charge in [-0.1, -0.05) is 35.9 Å². The Morgan fingerprint density at radius 3 is 2.75 bits per heavy atom. The maximum absolute atomic E-state index is 12.3. The zero-order chi connectivity index (χ0) is 14.1. The lowest BCUT2D eigenvalue weighted by Gasteiger charge is -2.06. The van der Waals surface area contributed by atoms with E-state index < -0.39 is 0 Å². The number of aromatic nitrogens is 2. The van der Waals surface area contributed by atoms with Crippen LogP contribution in [0.1, 0.15) is 16.1 Å². The number of carbonyl (C=O) groups is 1. The summed E-state index contributed by atoms with van der Waals surface area (Å²) in [7, 11) is 0. The predicted octanol–water partition coefficient (Wildman–Crippen LogP) is 3.91. The summed E-state index contributed by atoms with van der Waals surface area (Å²) >= 11 is 7.44. The SMILES string of the molecule is Cc1csc(NC(=O)c2cnc(Cl)c3ccccc23)n1. The molecule has 100 valence electrons. The summed E-state index contributed by atoms with van der Waals surface area (Å²) in [5.41, 5.74) is 1.36. The highest BCUT2D eigenvalue weighted by Crippen LogP contribution is 2.25. The Labute approximate surface area is 124 Å². The zero-order valence-corrected chi connectivity index (χ0v) is 12.1. The number of hydrogen-bond donors (Lipinski definition) is 1. The van der Waals surface area contributed by atoms with Crippen LogP contribution < -0.4 is 5.32 Å². The van der Waals surface area contributed by atoms with Gasteiger partial charge in [0.25, 0.3) is 5.91 Å². The lowest BCUT2D eigenvalue weighted by Crippen LogP contribution is -2.12. The number of rotatable bonds is 2. The van der Waals surface area contributed by atoms with E-state index in [9.17, 15) is 4.79 Å². The van der Waals surface area contributed by atoms with Crippen LogP contribution >= 0.6 is 22.9 Å². The van der Waals surface area contributed by atoms with Gasteiger partial charge in [-0.25, -0.2) is 9.97 Å². The fourth-order valence-electron chi connectivity index (χ4n) is 1.91. The van der Waals surface area contributed by atoms with Crippen molar-refractivity contribution in [3.63, 3.8) is 0 Å². The van der Waals surface area contributed by atoms with Gasteiger partial charge in [0.2, 0.25) is 0 Å². The number of amides is 1. The fraction of sp³-hybridized carbons (Fsp3) is 0.0714. The van der Waals surface area contributed by atoms with Gasteiger partial charge in [0.15, 0.2) is 5.13 Å². The predicted molar refractivity (Wildman–Crippen MR) is 81.6 cm³/mol. The monoisotopic (exact) mass is 303 g/mol. The smallest absolute Gasteiger partial charge is 0.259 e. The first-order chi connectivity index (χ1) is 9.65. The molecular weight excluding hydrogens is 294 g/mol. The first-order valence-electron chi connectivity index (χ1n) is 5.92. The zero-order valence-electron chi connectivity index (χ0n) is 10.6. The number of thiazole rings is 1.